The van der Waals surface area contributed by atoms with Crippen LogP contribution in [-0.2, 0) is 0 Å². The topological polar surface area (TPSA) is 78.6 Å². The molecule has 6 heteroatoms. The summed E-state index contributed by atoms with van der Waals surface area (Å²) in [5, 5.41) is 23.2. The summed E-state index contributed by atoms with van der Waals surface area (Å²) in [6.45, 7) is 2.47. The van der Waals surface area contributed by atoms with Crippen LogP contribution in [0, 0.1) is 10.1 Å². The monoisotopic (exact) mass is 265 g/mol. The second kappa shape index (κ2) is 6.49. The van der Waals surface area contributed by atoms with E-state index in [9.17, 15) is 10.1 Å². The van der Waals surface area contributed by atoms with Crippen LogP contribution in [0.4, 0.5) is 11.4 Å². The summed E-state index contributed by atoms with van der Waals surface area (Å²) in [6.07, 6.45) is 2.31. The molecule has 0 aromatic heterocycles. The molecule has 0 radical (unpaired) electrons. The maximum Gasteiger partial charge on any atom is 0.269 e. The second-order valence-corrected chi connectivity index (χ2v) is 4.74. The molecule has 6 nitrogen and oxygen atoms in total. The first-order valence-corrected chi connectivity index (χ1v) is 6.54. The highest BCUT2D eigenvalue weighted by molar-refractivity contribution is 5.51. The summed E-state index contributed by atoms with van der Waals surface area (Å²) in [6, 6.07) is 6.91. The first-order valence-electron chi connectivity index (χ1n) is 6.54. The van der Waals surface area contributed by atoms with Crippen LogP contribution >= 0.6 is 0 Å². The van der Waals surface area contributed by atoms with Gasteiger partial charge >= 0.3 is 0 Å². The van der Waals surface area contributed by atoms with Crippen LogP contribution in [0.5, 0.6) is 0 Å². The maximum absolute atomic E-state index is 10.6. The molecule has 2 N–H and O–H groups in total. The van der Waals surface area contributed by atoms with Crippen molar-refractivity contribution >= 4 is 11.4 Å². The van der Waals surface area contributed by atoms with E-state index < -0.39 is 4.92 Å². The Balaban J connectivity index is 2.06. The molecular formula is C13H19N3O3. The molecule has 0 bridgehead atoms. The van der Waals surface area contributed by atoms with Gasteiger partial charge in [0.05, 0.1) is 11.5 Å². The molecule has 1 aromatic rings. The van der Waals surface area contributed by atoms with Gasteiger partial charge in [-0.05, 0) is 31.5 Å². The minimum Gasteiger partial charge on any atom is -0.395 e. The van der Waals surface area contributed by atoms with E-state index in [2.05, 4.69) is 10.2 Å². The van der Waals surface area contributed by atoms with Crippen molar-refractivity contribution in [3.05, 3.63) is 34.4 Å². The van der Waals surface area contributed by atoms with Crippen LogP contribution in [0.3, 0.4) is 0 Å². The smallest absolute Gasteiger partial charge is 0.269 e. The van der Waals surface area contributed by atoms with Crippen molar-refractivity contribution in [3.8, 4) is 0 Å². The molecule has 1 aromatic carbocycles. The number of anilines is 1. The van der Waals surface area contributed by atoms with Gasteiger partial charge in [0, 0.05) is 37.0 Å². The average Bonchev–Trinajstić information content (AvgIpc) is 2.91. The Morgan fingerprint density at radius 1 is 1.42 bits per heavy atom. The van der Waals surface area contributed by atoms with E-state index in [4.69, 9.17) is 5.11 Å². The molecule has 0 saturated carbocycles. The second-order valence-electron chi connectivity index (χ2n) is 4.74. The molecule has 1 aliphatic rings. The molecular weight excluding hydrogens is 246 g/mol. The van der Waals surface area contributed by atoms with Gasteiger partial charge in [-0.15, -0.1) is 0 Å². The normalized spacial score (nSPS) is 18.5. The zero-order valence-electron chi connectivity index (χ0n) is 10.8. The molecule has 2 rings (SSSR count). The summed E-state index contributed by atoms with van der Waals surface area (Å²) < 4.78 is 0. The van der Waals surface area contributed by atoms with Gasteiger partial charge < -0.3 is 15.3 Å². The Bertz CT molecular complexity index is 416. The summed E-state index contributed by atoms with van der Waals surface area (Å²) in [7, 11) is 0. The van der Waals surface area contributed by atoms with Crippen LogP contribution in [-0.4, -0.2) is 42.3 Å². The van der Waals surface area contributed by atoms with Gasteiger partial charge in [0.15, 0.2) is 0 Å². The summed E-state index contributed by atoms with van der Waals surface area (Å²) >= 11 is 0. The van der Waals surface area contributed by atoms with Gasteiger partial charge in [-0.3, -0.25) is 10.1 Å². The van der Waals surface area contributed by atoms with Crippen molar-refractivity contribution in [1.29, 1.82) is 0 Å². The highest BCUT2D eigenvalue weighted by Gasteiger charge is 2.18. The predicted octanol–water partition coefficient (Wildman–Crippen LogP) is 1.15. The third-order valence-corrected chi connectivity index (χ3v) is 3.40. The Morgan fingerprint density at radius 2 is 2.16 bits per heavy atom. The fraction of sp³-hybridized carbons (Fsp3) is 0.538. The van der Waals surface area contributed by atoms with E-state index in [1.165, 1.54) is 18.6 Å². The lowest BCUT2D eigenvalue weighted by Crippen LogP contribution is -2.39. The van der Waals surface area contributed by atoms with Crippen molar-refractivity contribution in [3.63, 3.8) is 0 Å². The molecule has 0 amide bonds. The number of aliphatic hydroxyl groups is 1. The van der Waals surface area contributed by atoms with Crippen molar-refractivity contribution in [2.24, 2.45) is 0 Å². The Labute approximate surface area is 112 Å². The van der Waals surface area contributed by atoms with E-state index in [0.29, 0.717) is 12.6 Å². The molecule has 1 heterocycles. The molecule has 0 aliphatic carbocycles. The number of nitro benzene ring substituents is 1. The largest absolute Gasteiger partial charge is 0.395 e. The van der Waals surface area contributed by atoms with Crippen LogP contribution in [0.1, 0.15) is 12.8 Å². The number of aliphatic hydroxyl groups excluding tert-OH is 1. The zero-order chi connectivity index (χ0) is 13.7. The lowest BCUT2D eigenvalue weighted by molar-refractivity contribution is -0.384. The minimum absolute atomic E-state index is 0.0731. The van der Waals surface area contributed by atoms with E-state index in [-0.39, 0.29) is 12.3 Å². The maximum atomic E-state index is 10.6. The SMILES string of the molecule is O=[N+]([O-])c1ccc(N(CCO)CC2CCCN2)cc1. The lowest BCUT2D eigenvalue weighted by Gasteiger charge is -2.27. The van der Waals surface area contributed by atoms with Gasteiger partial charge in [-0.2, -0.15) is 0 Å². The fourth-order valence-corrected chi connectivity index (χ4v) is 2.41. The summed E-state index contributed by atoms with van der Waals surface area (Å²) in [4.78, 5) is 12.3. The van der Waals surface area contributed by atoms with E-state index in [1.54, 1.807) is 12.1 Å². The minimum atomic E-state index is -0.404. The molecule has 19 heavy (non-hydrogen) atoms. The Morgan fingerprint density at radius 3 is 2.68 bits per heavy atom. The molecule has 0 spiro atoms. The molecule has 1 fully saturated rings. The molecule has 1 saturated heterocycles. The predicted molar refractivity (Wildman–Crippen MR) is 73.4 cm³/mol. The molecule has 104 valence electrons. The highest BCUT2D eigenvalue weighted by Crippen LogP contribution is 2.20. The van der Waals surface area contributed by atoms with E-state index in [1.807, 2.05) is 0 Å². The molecule has 1 unspecified atom stereocenters. The third kappa shape index (κ3) is 3.65. The quantitative estimate of drug-likeness (QED) is 0.596. The van der Waals surface area contributed by atoms with E-state index >= 15 is 0 Å². The number of rotatable bonds is 6. The lowest BCUT2D eigenvalue weighted by atomic mass is 10.2. The summed E-state index contributed by atoms with van der Waals surface area (Å²) in [5.74, 6) is 0. The van der Waals surface area contributed by atoms with Crippen LogP contribution in [0.2, 0.25) is 0 Å². The summed E-state index contributed by atoms with van der Waals surface area (Å²) in [5.41, 5.74) is 1.00. The van der Waals surface area contributed by atoms with Crippen molar-refractivity contribution < 1.29 is 10.0 Å². The number of nitrogens with one attached hydrogen (secondary N) is 1. The first kappa shape index (κ1) is 13.8. The van der Waals surface area contributed by atoms with Gasteiger partial charge in [-0.25, -0.2) is 0 Å². The zero-order valence-corrected chi connectivity index (χ0v) is 10.8. The number of nitro groups is 1. The first-order chi connectivity index (χ1) is 9.20. The van der Waals surface area contributed by atoms with Crippen LogP contribution in [0.15, 0.2) is 24.3 Å². The standard InChI is InChI=1S/C13H19N3O3/c17-9-8-15(10-11-2-1-7-14-11)12-3-5-13(6-4-12)16(18)19/h3-6,11,14,17H,1-2,7-10H2. The number of hydrogen-bond donors (Lipinski definition) is 2. The van der Waals surface area contributed by atoms with Crippen molar-refractivity contribution in [2.75, 3.05) is 31.1 Å². The molecule has 1 atom stereocenters. The number of benzene rings is 1. The van der Waals surface area contributed by atoms with Gasteiger partial charge in [0.25, 0.3) is 5.69 Å². The Kier molecular flexibility index (Phi) is 4.70. The van der Waals surface area contributed by atoms with E-state index in [0.717, 1.165) is 25.2 Å². The van der Waals surface area contributed by atoms with Crippen molar-refractivity contribution in [1.82, 2.24) is 5.32 Å². The average molecular weight is 265 g/mol. The third-order valence-electron chi connectivity index (χ3n) is 3.40. The Hall–Kier alpha value is -1.66. The van der Waals surface area contributed by atoms with Gasteiger partial charge in [0.2, 0.25) is 0 Å². The number of non-ortho nitro benzene ring substituents is 1. The van der Waals surface area contributed by atoms with Gasteiger partial charge in [-0.1, -0.05) is 0 Å². The highest BCUT2D eigenvalue weighted by atomic mass is 16.6. The fourth-order valence-electron chi connectivity index (χ4n) is 2.41. The van der Waals surface area contributed by atoms with Gasteiger partial charge in [0.1, 0.15) is 0 Å². The van der Waals surface area contributed by atoms with Crippen molar-refractivity contribution in [2.45, 2.75) is 18.9 Å². The molecule has 1 aliphatic heterocycles. The number of nitrogens with zero attached hydrogens (tertiary/aromatic N) is 2. The van der Waals surface area contributed by atoms with Crippen LogP contribution < -0.4 is 10.2 Å². The van der Waals surface area contributed by atoms with Crippen LogP contribution in [0.25, 0.3) is 0 Å². The number of hydrogen-bond acceptors (Lipinski definition) is 5.